The lowest BCUT2D eigenvalue weighted by Gasteiger charge is -2.60. The molecule has 366 valence electrons. The molecular weight excluding hydrogens is 868 g/mol. The van der Waals surface area contributed by atoms with Crippen molar-refractivity contribution in [1.82, 2.24) is 4.90 Å². The minimum Gasteiger partial charge on any atom is -0.489 e. The molecular formula is C55H69FN2O10. The maximum absolute atomic E-state index is 15.4. The van der Waals surface area contributed by atoms with E-state index in [0.717, 1.165) is 86.6 Å². The van der Waals surface area contributed by atoms with Gasteiger partial charge in [-0.2, -0.15) is 0 Å². The third-order valence-corrected chi connectivity index (χ3v) is 15.1. The number of hydrogen-bond donors (Lipinski definition) is 2. The van der Waals surface area contributed by atoms with Gasteiger partial charge in [0.15, 0.2) is 11.5 Å². The number of hydrogen-bond acceptors (Lipinski definition) is 11. The number of carbonyl (C=O) groups is 1. The van der Waals surface area contributed by atoms with E-state index < -0.39 is 24.0 Å². The van der Waals surface area contributed by atoms with Gasteiger partial charge in [-0.3, -0.25) is 4.79 Å². The average Bonchev–Trinajstić information content (AvgIpc) is 4.08. The molecule has 12 nitrogen and oxygen atoms in total. The Morgan fingerprint density at radius 3 is 2.50 bits per heavy atom. The normalized spacial score (nSPS) is 26.6. The molecule has 3 heterocycles. The Balaban J connectivity index is 1.21. The monoisotopic (exact) mass is 936 g/mol. The third-order valence-electron chi connectivity index (χ3n) is 15.1. The molecule has 7 unspecified atom stereocenters. The number of carbonyl (C=O) groups excluding carboxylic acids is 1. The van der Waals surface area contributed by atoms with Crippen LogP contribution in [-0.4, -0.2) is 78.1 Å². The van der Waals surface area contributed by atoms with Gasteiger partial charge in [0.25, 0.3) is 0 Å². The van der Waals surface area contributed by atoms with Crippen LogP contribution in [0.4, 0.5) is 4.39 Å². The molecule has 1 amide bonds. The van der Waals surface area contributed by atoms with Crippen molar-refractivity contribution in [3.63, 3.8) is 0 Å². The number of nitrogens with zero attached hydrogens (tertiary/aromatic N) is 2. The Hall–Kier alpha value is -4.95. The lowest BCUT2D eigenvalue weighted by molar-refractivity contribution is -0.258. The van der Waals surface area contributed by atoms with Crippen molar-refractivity contribution in [2.24, 2.45) is 28.8 Å². The summed E-state index contributed by atoms with van der Waals surface area (Å²) in [5.74, 6) is 0.546. The van der Waals surface area contributed by atoms with Crippen LogP contribution in [0.25, 0.3) is 0 Å². The quantitative estimate of drug-likeness (QED) is 0.0569. The van der Waals surface area contributed by atoms with E-state index in [1.807, 2.05) is 41.3 Å². The fourth-order valence-corrected chi connectivity index (χ4v) is 11.8. The summed E-state index contributed by atoms with van der Waals surface area (Å²) in [5.41, 5.74) is 3.93. The van der Waals surface area contributed by atoms with Crippen LogP contribution in [0.1, 0.15) is 125 Å². The number of aliphatic hydroxyl groups excluding tert-OH is 2. The van der Waals surface area contributed by atoms with Crippen molar-refractivity contribution < 1.29 is 52.7 Å². The molecule has 7 atom stereocenters. The number of amides is 1. The molecule has 1 saturated heterocycles. The molecule has 3 fully saturated rings. The fourth-order valence-electron chi connectivity index (χ4n) is 11.8. The minimum atomic E-state index is -1.43. The summed E-state index contributed by atoms with van der Waals surface area (Å²) in [6.07, 6.45) is 16.8. The number of benzene rings is 3. The summed E-state index contributed by atoms with van der Waals surface area (Å²) in [6.45, 7) is 5.45. The van der Waals surface area contributed by atoms with Crippen molar-refractivity contribution in [2.45, 2.75) is 140 Å². The zero-order valence-electron chi connectivity index (χ0n) is 39.4. The van der Waals surface area contributed by atoms with Crippen LogP contribution in [0.5, 0.6) is 23.0 Å². The highest BCUT2D eigenvalue weighted by Gasteiger charge is 2.65. The summed E-state index contributed by atoms with van der Waals surface area (Å²) in [7, 11) is 0. The van der Waals surface area contributed by atoms with Gasteiger partial charge in [0.1, 0.15) is 30.0 Å². The van der Waals surface area contributed by atoms with E-state index in [1.54, 1.807) is 24.3 Å². The number of unbranched alkanes of at least 4 members (excludes halogenated alkanes) is 2. The molecule has 0 spiro atoms. The predicted octanol–water partition coefficient (Wildman–Crippen LogP) is 10.3. The molecule has 0 bridgehead atoms. The van der Waals surface area contributed by atoms with Crippen LogP contribution in [0.3, 0.4) is 0 Å². The first-order chi connectivity index (χ1) is 33.4. The molecule has 0 aromatic heterocycles. The summed E-state index contributed by atoms with van der Waals surface area (Å²) in [4.78, 5) is 23.7. The van der Waals surface area contributed by atoms with Gasteiger partial charge in [-0.25, -0.2) is 4.39 Å². The number of halogens is 1. The summed E-state index contributed by atoms with van der Waals surface area (Å²) >= 11 is 0. The van der Waals surface area contributed by atoms with E-state index in [4.69, 9.17) is 38.4 Å². The van der Waals surface area contributed by atoms with Gasteiger partial charge >= 0.3 is 0 Å². The number of ether oxygens (including phenoxy) is 6. The first-order valence-electron chi connectivity index (χ1n) is 25.3. The van der Waals surface area contributed by atoms with Crippen molar-refractivity contribution in [3.05, 3.63) is 107 Å². The molecule has 13 heteroatoms. The summed E-state index contributed by atoms with van der Waals surface area (Å²) in [5, 5.41) is 25.1. The maximum atomic E-state index is 15.4. The van der Waals surface area contributed by atoms with Crippen molar-refractivity contribution in [1.29, 1.82) is 0 Å². The number of aliphatic hydroxyl groups is 2. The van der Waals surface area contributed by atoms with Crippen LogP contribution in [0, 0.1) is 29.5 Å². The largest absolute Gasteiger partial charge is 0.489 e. The van der Waals surface area contributed by atoms with Crippen molar-refractivity contribution in [3.8, 4) is 23.0 Å². The molecule has 6 aliphatic rings. The molecule has 3 aliphatic carbocycles. The van der Waals surface area contributed by atoms with Gasteiger partial charge in [-0.15, -0.1) is 6.58 Å². The Bertz CT molecular complexity index is 2260. The Kier molecular flexibility index (Phi) is 16.0. The summed E-state index contributed by atoms with van der Waals surface area (Å²) < 4.78 is 53.7. The van der Waals surface area contributed by atoms with Crippen molar-refractivity contribution >= 4 is 11.6 Å². The summed E-state index contributed by atoms with van der Waals surface area (Å²) in [6, 6.07) is 17.6. The van der Waals surface area contributed by atoms with E-state index >= 15 is 4.79 Å². The van der Waals surface area contributed by atoms with Crippen LogP contribution < -0.4 is 18.9 Å². The Morgan fingerprint density at radius 2 is 1.71 bits per heavy atom. The molecule has 0 radical (unpaired) electrons. The van der Waals surface area contributed by atoms with Gasteiger partial charge in [-0.1, -0.05) is 80.1 Å². The second-order valence-electron chi connectivity index (χ2n) is 19.5. The van der Waals surface area contributed by atoms with E-state index in [0.29, 0.717) is 60.3 Å². The van der Waals surface area contributed by atoms with E-state index in [1.165, 1.54) is 18.9 Å². The first kappa shape index (κ1) is 48.1. The molecule has 3 aliphatic heterocycles. The molecule has 68 heavy (non-hydrogen) atoms. The van der Waals surface area contributed by atoms with Crippen molar-refractivity contribution in [2.75, 3.05) is 33.2 Å². The van der Waals surface area contributed by atoms with Crippen LogP contribution in [-0.2, 0) is 32.3 Å². The SMILES string of the molecule is C=CCOC12Oc3ccc(OCc4ccccc4F)cc3C3C(CCCCO)C(CCCCO)C=C(C(=NOC4CCCCO4)CC1N(Cc1ccc4c(c1)OCO4)C(=O)CCC1CCCC1)C32. The Labute approximate surface area is 400 Å². The molecule has 3 aromatic carbocycles. The van der Waals surface area contributed by atoms with Crippen LogP contribution in [0.15, 0.2) is 90.1 Å². The van der Waals surface area contributed by atoms with Gasteiger partial charge < -0.3 is 48.4 Å². The first-order valence-corrected chi connectivity index (χ1v) is 25.3. The molecule has 2 saturated carbocycles. The van der Waals surface area contributed by atoms with Crippen LogP contribution >= 0.6 is 0 Å². The topological polar surface area (TPSA) is 138 Å². The predicted molar refractivity (Wildman–Crippen MR) is 255 cm³/mol. The van der Waals surface area contributed by atoms with E-state index in [-0.39, 0.29) is 75.7 Å². The third kappa shape index (κ3) is 10.6. The number of allylic oxidation sites excluding steroid dienone is 1. The number of oxime groups is 1. The lowest BCUT2D eigenvalue weighted by Crippen LogP contribution is -2.70. The number of fused-ring (bicyclic) bond motifs is 3. The average molecular weight is 937 g/mol. The van der Waals surface area contributed by atoms with Gasteiger partial charge in [0.2, 0.25) is 24.8 Å². The fraction of sp³-hybridized carbons (Fsp3) is 0.564. The standard InChI is InChI=1S/C55H69FN2O10/c1-2-28-66-55-50(58(51(61)25-21-37-13-3-4-14-37)34-38-20-23-48-49(30-38)65-36-64-48)33-46(57-68-52-19-9-12-29-62-52)43-31-39(15-7-10-26-59)42(17-8-11-27-60)53(54(43)55)44-32-41(22-24-47(44)67-55)63-35-40-16-5-6-18-45(40)56/h2,5-6,16,18,20,22-24,30-32,37,39,42,50,52-54,59-60H,1,3-4,7-15,17,19,21,25-29,33-36H2. The zero-order chi connectivity index (χ0) is 46.9. The lowest BCUT2D eigenvalue weighted by atomic mass is 9.55. The smallest absolute Gasteiger partial charge is 0.239 e. The van der Waals surface area contributed by atoms with Gasteiger partial charge in [0, 0.05) is 56.1 Å². The maximum Gasteiger partial charge on any atom is 0.239 e. The van der Waals surface area contributed by atoms with E-state index in [9.17, 15) is 14.6 Å². The van der Waals surface area contributed by atoms with E-state index in [2.05, 4.69) is 12.7 Å². The zero-order valence-corrected chi connectivity index (χ0v) is 39.4. The van der Waals surface area contributed by atoms with Gasteiger partial charge in [-0.05, 0) is 110 Å². The Morgan fingerprint density at radius 1 is 0.912 bits per heavy atom. The second-order valence-corrected chi connectivity index (χ2v) is 19.5. The molecule has 2 N–H and O–H groups in total. The van der Waals surface area contributed by atoms with Crippen LogP contribution in [0.2, 0.25) is 0 Å². The molecule has 3 aromatic rings. The van der Waals surface area contributed by atoms with Gasteiger partial charge in [0.05, 0.1) is 24.8 Å². The highest BCUT2D eigenvalue weighted by atomic mass is 19.1. The molecule has 9 rings (SSSR count). The highest BCUT2D eigenvalue weighted by molar-refractivity contribution is 6.03. The number of rotatable bonds is 22. The highest BCUT2D eigenvalue weighted by Crippen LogP contribution is 2.62. The second kappa shape index (κ2) is 22.6. The minimum absolute atomic E-state index is 0.00415.